The standard InChI is InChI=1S/C40H34N2S/c1-27-11-13-30(14-12-27)31-15-17-32(18-16-31)42(35-10-6-8-29(3)24-35)36-20-22-40-38(26-36)37-25-34(19-21-39(37)43-40)41(4)33-9-5-7-28(2)23-33/h5-26H,1-4H3. The highest BCUT2D eigenvalue weighted by molar-refractivity contribution is 7.25. The van der Waals surface area contributed by atoms with Crippen LogP contribution >= 0.6 is 11.3 Å². The molecule has 0 spiro atoms. The summed E-state index contributed by atoms with van der Waals surface area (Å²) in [7, 11) is 2.15. The summed E-state index contributed by atoms with van der Waals surface area (Å²) in [4.78, 5) is 4.64. The van der Waals surface area contributed by atoms with Gasteiger partial charge in [-0.05, 0) is 116 Å². The van der Waals surface area contributed by atoms with Crippen molar-refractivity contribution >= 4 is 59.9 Å². The second kappa shape index (κ2) is 11.1. The molecule has 0 aliphatic carbocycles. The molecule has 43 heavy (non-hydrogen) atoms. The average molecular weight is 575 g/mol. The number of aryl methyl sites for hydroxylation is 3. The predicted octanol–water partition coefficient (Wildman–Crippen LogP) is 11.9. The number of rotatable bonds is 6. The van der Waals surface area contributed by atoms with Gasteiger partial charge in [-0.15, -0.1) is 11.3 Å². The minimum absolute atomic E-state index is 1.14. The van der Waals surface area contributed by atoms with Crippen LogP contribution in [0.2, 0.25) is 0 Å². The Balaban J connectivity index is 1.33. The van der Waals surface area contributed by atoms with Crippen molar-refractivity contribution < 1.29 is 0 Å². The molecule has 0 N–H and O–H groups in total. The van der Waals surface area contributed by atoms with Gasteiger partial charge in [-0.3, -0.25) is 0 Å². The first-order valence-electron chi connectivity index (χ1n) is 14.7. The van der Waals surface area contributed by atoms with E-state index in [1.54, 1.807) is 0 Å². The molecular formula is C40H34N2S. The first-order valence-corrected chi connectivity index (χ1v) is 15.6. The Hall–Kier alpha value is -4.86. The van der Waals surface area contributed by atoms with Gasteiger partial charge < -0.3 is 9.80 Å². The van der Waals surface area contributed by atoms with Crippen LogP contribution in [0.3, 0.4) is 0 Å². The van der Waals surface area contributed by atoms with Crippen molar-refractivity contribution in [2.45, 2.75) is 20.8 Å². The van der Waals surface area contributed by atoms with Crippen molar-refractivity contribution in [3.05, 3.63) is 150 Å². The van der Waals surface area contributed by atoms with E-state index in [0.29, 0.717) is 0 Å². The number of nitrogens with zero attached hydrogens (tertiary/aromatic N) is 2. The molecule has 0 aliphatic rings. The fraction of sp³-hybridized carbons (Fsp3) is 0.100. The molecule has 7 aromatic rings. The number of anilines is 5. The van der Waals surface area contributed by atoms with Gasteiger partial charge in [0.25, 0.3) is 0 Å². The number of hydrogen-bond donors (Lipinski definition) is 0. The van der Waals surface area contributed by atoms with Crippen LogP contribution in [-0.2, 0) is 0 Å². The molecule has 0 saturated heterocycles. The van der Waals surface area contributed by atoms with E-state index in [9.17, 15) is 0 Å². The Bertz CT molecular complexity index is 2070. The van der Waals surface area contributed by atoms with E-state index < -0.39 is 0 Å². The predicted molar refractivity (Wildman–Crippen MR) is 188 cm³/mol. The molecule has 0 unspecified atom stereocenters. The topological polar surface area (TPSA) is 6.48 Å². The highest BCUT2D eigenvalue weighted by atomic mass is 32.1. The normalized spacial score (nSPS) is 11.3. The zero-order valence-corrected chi connectivity index (χ0v) is 25.8. The third kappa shape index (κ3) is 5.29. The fourth-order valence-corrected chi connectivity index (χ4v) is 6.92. The maximum absolute atomic E-state index is 2.37. The van der Waals surface area contributed by atoms with E-state index >= 15 is 0 Å². The molecule has 0 bridgehead atoms. The van der Waals surface area contributed by atoms with Crippen molar-refractivity contribution in [1.29, 1.82) is 0 Å². The molecule has 7 rings (SSSR count). The molecule has 0 atom stereocenters. The lowest BCUT2D eigenvalue weighted by molar-refractivity contribution is 1.21. The zero-order valence-electron chi connectivity index (χ0n) is 25.0. The van der Waals surface area contributed by atoms with Gasteiger partial charge in [-0.25, -0.2) is 0 Å². The highest BCUT2D eigenvalue weighted by Crippen LogP contribution is 2.42. The average Bonchev–Trinajstić information content (AvgIpc) is 3.39. The summed E-state index contributed by atoms with van der Waals surface area (Å²) in [5, 5.41) is 2.57. The largest absolute Gasteiger partial charge is 0.345 e. The number of thiophene rings is 1. The van der Waals surface area contributed by atoms with Gasteiger partial charge in [0.15, 0.2) is 0 Å². The van der Waals surface area contributed by atoms with Gasteiger partial charge in [0.1, 0.15) is 0 Å². The van der Waals surface area contributed by atoms with Crippen LogP contribution < -0.4 is 9.80 Å². The monoisotopic (exact) mass is 574 g/mol. The molecule has 0 fully saturated rings. The second-order valence-electron chi connectivity index (χ2n) is 11.4. The van der Waals surface area contributed by atoms with Crippen LogP contribution in [0.1, 0.15) is 16.7 Å². The van der Waals surface area contributed by atoms with Crippen LogP contribution in [0, 0.1) is 20.8 Å². The van der Waals surface area contributed by atoms with Gasteiger partial charge in [0.2, 0.25) is 0 Å². The van der Waals surface area contributed by atoms with Crippen LogP contribution in [0.4, 0.5) is 28.4 Å². The van der Waals surface area contributed by atoms with E-state index in [4.69, 9.17) is 0 Å². The second-order valence-corrected chi connectivity index (χ2v) is 12.5. The lowest BCUT2D eigenvalue weighted by Crippen LogP contribution is -2.10. The highest BCUT2D eigenvalue weighted by Gasteiger charge is 2.16. The molecule has 0 radical (unpaired) electrons. The van der Waals surface area contributed by atoms with Crippen molar-refractivity contribution in [1.82, 2.24) is 0 Å². The Kier molecular flexibility index (Phi) is 6.96. The van der Waals surface area contributed by atoms with Crippen LogP contribution in [0.15, 0.2) is 133 Å². The lowest BCUT2D eigenvalue weighted by atomic mass is 10.0. The summed E-state index contributed by atoms with van der Waals surface area (Å²) >= 11 is 1.86. The minimum Gasteiger partial charge on any atom is -0.345 e. The van der Waals surface area contributed by atoms with E-state index in [1.165, 1.54) is 59.4 Å². The molecule has 3 heteroatoms. The van der Waals surface area contributed by atoms with Gasteiger partial charge >= 0.3 is 0 Å². The van der Waals surface area contributed by atoms with Crippen molar-refractivity contribution in [2.75, 3.05) is 16.8 Å². The minimum atomic E-state index is 1.14. The maximum atomic E-state index is 2.37. The molecule has 0 amide bonds. The Morgan fingerprint density at radius 3 is 1.51 bits per heavy atom. The Morgan fingerprint density at radius 1 is 0.419 bits per heavy atom. The lowest BCUT2D eigenvalue weighted by Gasteiger charge is -2.26. The summed E-state index contributed by atoms with van der Waals surface area (Å²) in [6.07, 6.45) is 0. The number of hydrogen-bond acceptors (Lipinski definition) is 3. The Labute approximate surface area is 258 Å². The van der Waals surface area contributed by atoms with E-state index in [2.05, 4.69) is 171 Å². The molecule has 1 heterocycles. The summed E-state index contributed by atoms with van der Waals surface area (Å²) in [6.45, 7) is 6.43. The fourth-order valence-electron chi connectivity index (χ4n) is 5.85. The van der Waals surface area contributed by atoms with Gasteiger partial charge in [-0.2, -0.15) is 0 Å². The molecule has 6 aromatic carbocycles. The molecule has 0 aliphatic heterocycles. The number of fused-ring (bicyclic) bond motifs is 3. The van der Waals surface area contributed by atoms with Gasteiger partial charge in [-0.1, -0.05) is 66.2 Å². The quantitative estimate of drug-likeness (QED) is 0.195. The van der Waals surface area contributed by atoms with Crippen molar-refractivity contribution in [2.24, 2.45) is 0 Å². The summed E-state index contributed by atoms with van der Waals surface area (Å²) in [5.41, 5.74) is 12.1. The van der Waals surface area contributed by atoms with Gasteiger partial charge in [0.05, 0.1) is 0 Å². The van der Waals surface area contributed by atoms with E-state index in [-0.39, 0.29) is 0 Å². The smallest absolute Gasteiger partial charge is 0.0468 e. The third-order valence-electron chi connectivity index (χ3n) is 8.24. The summed E-state index contributed by atoms with van der Waals surface area (Å²) in [6, 6.07) is 48.9. The molecule has 1 aromatic heterocycles. The van der Waals surface area contributed by atoms with E-state index in [0.717, 1.165) is 17.1 Å². The van der Waals surface area contributed by atoms with Crippen molar-refractivity contribution in [3.8, 4) is 11.1 Å². The van der Waals surface area contributed by atoms with Crippen LogP contribution in [-0.4, -0.2) is 7.05 Å². The molecule has 210 valence electrons. The zero-order chi connectivity index (χ0) is 29.5. The SMILES string of the molecule is Cc1ccc(-c2ccc(N(c3cccc(C)c3)c3ccc4sc5ccc(N(C)c6cccc(C)c6)cc5c4c3)cc2)cc1. The first-order chi connectivity index (χ1) is 20.9. The van der Waals surface area contributed by atoms with Crippen LogP contribution in [0.5, 0.6) is 0 Å². The Morgan fingerprint density at radius 2 is 0.884 bits per heavy atom. The summed E-state index contributed by atoms with van der Waals surface area (Å²) in [5.74, 6) is 0. The van der Waals surface area contributed by atoms with Gasteiger partial charge in [0, 0.05) is 55.7 Å². The first kappa shape index (κ1) is 27.0. The van der Waals surface area contributed by atoms with Crippen molar-refractivity contribution in [3.63, 3.8) is 0 Å². The molecule has 2 nitrogen and oxygen atoms in total. The number of benzene rings is 6. The van der Waals surface area contributed by atoms with E-state index in [1.807, 2.05) is 11.3 Å². The third-order valence-corrected chi connectivity index (χ3v) is 9.39. The maximum Gasteiger partial charge on any atom is 0.0468 e. The van der Waals surface area contributed by atoms with Crippen LogP contribution in [0.25, 0.3) is 31.3 Å². The summed E-state index contributed by atoms with van der Waals surface area (Å²) < 4.78 is 2.60. The molecular weight excluding hydrogens is 541 g/mol. The molecule has 0 saturated carbocycles.